The quantitative estimate of drug-likeness (QED) is 0.469. The monoisotopic (exact) mass is 398 g/mol. The van der Waals surface area contributed by atoms with Crippen molar-refractivity contribution in [3.05, 3.63) is 76.3 Å². The third kappa shape index (κ3) is 4.11. The Balaban J connectivity index is 2.17. The molecule has 8 heteroatoms. The summed E-state index contributed by atoms with van der Waals surface area (Å²) in [6.45, 7) is 0.408. The summed E-state index contributed by atoms with van der Waals surface area (Å²) in [5, 5.41) is 4.70. The molecule has 0 saturated carbocycles. The summed E-state index contributed by atoms with van der Waals surface area (Å²) in [6.07, 6.45) is 0. The molecule has 28 heavy (non-hydrogen) atoms. The van der Waals surface area contributed by atoms with Gasteiger partial charge in [-0.25, -0.2) is 14.5 Å². The Hall–Kier alpha value is -3.03. The van der Waals surface area contributed by atoms with Gasteiger partial charge in [-0.05, 0) is 32.3 Å². The number of aromatic nitrogens is 3. The number of carbonyl (C=O) groups excluding carboxylic acids is 2. The first-order valence-corrected chi connectivity index (χ1v) is 8.87. The van der Waals surface area contributed by atoms with Crippen molar-refractivity contribution in [2.75, 3.05) is 21.2 Å². The van der Waals surface area contributed by atoms with E-state index in [-0.39, 0.29) is 11.6 Å². The van der Waals surface area contributed by atoms with Crippen LogP contribution in [0.1, 0.15) is 32.4 Å². The lowest BCUT2D eigenvalue weighted by Gasteiger charge is -2.14. The normalized spacial score (nSPS) is 10.9. The lowest BCUT2D eigenvalue weighted by molar-refractivity contribution is 0.0586. The number of ketones is 1. The average molecular weight is 399 g/mol. The number of methoxy groups -OCH3 is 1. The van der Waals surface area contributed by atoms with Crippen LogP contribution in [0.4, 0.5) is 0 Å². The van der Waals surface area contributed by atoms with Gasteiger partial charge in [-0.3, -0.25) is 4.79 Å². The first-order chi connectivity index (χ1) is 13.4. The summed E-state index contributed by atoms with van der Waals surface area (Å²) in [6, 6.07) is 13.8. The van der Waals surface area contributed by atoms with Crippen molar-refractivity contribution in [3.63, 3.8) is 0 Å². The highest BCUT2D eigenvalue weighted by Gasteiger charge is 2.22. The Bertz CT molecular complexity index is 1020. The molecule has 2 aromatic carbocycles. The molecule has 0 N–H and O–H groups in total. The summed E-state index contributed by atoms with van der Waals surface area (Å²) >= 11 is 6.16. The van der Waals surface area contributed by atoms with Crippen LogP contribution in [0.3, 0.4) is 0 Å². The fourth-order valence-electron chi connectivity index (χ4n) is 2.72. The minimum Gasteiger partial charge on any atom is -0.463 e. The van der Waals surface area contributed by atoms with Gasteiger partial charge in [0.1, 0.15) is 5.82 Å². The Morgan fingerprint density at radius 3 is 2.50 bits per heavy atom. The third-order valence-corrected chi connectivity index (χ3v) is 4.20. The van der Waals surface area contributed by atoms with E-state index in [0.717, 1.165) is 0 Å². The second kappa shape index (κ2) is 8.33. The molecule has 0 radical (unpaired) electrons. The molecule has 0 saturated heterocycles. The van der Waals surface area contributed by atoms with Gasteiger partial charge in [0.2, 0.25) is 0 Å². The Morgan fingerprint density at radius 1 is 1.14 bits per heavy atom. The molecule has 0 aliphatic carbocycles. The van der Waals surface area contributed by atoms with Crippen molar-refractivity contribution in [3.8, 4) is 5.69 Å². The van der Waals surface area contributed by atoms with Gasteiger partial charge in [-0.1, -0.05) is 41.9 Å². The molecule has 0 atom stereocenters. The molecule has 0 spiro atoms. The molecule has 0 amide bonds. The minimum absolute atomic E-state index is 0.0765. The van der Waals surface area contributed by atoms with E-state index >= 15 is 0 Å². The first kappa shape index (κ1) is 19.7. The van der Waals surface area contributed by atoms with E-state index in [1.54, 1.807) is 42.5 Å². The average Bonchev–Trinajstić information content (AvgIpc) is 3.10. The number of esters is 1. The second-order valence-electron chi connectivity index (χ2n) is 6.35. The maximum absolute atomic E-state index is 13.1. The summed E-state index contributed by atoms with van der Waals surface area (Å²) < 4.78 is 6.22. The van der Waals surface area contributed by atoms with Crippen LogP contribution < -0.4 is 0 Å². The van der Waals surface area contributed by atoms with E-state index in [1.165, 1.54) is 11.8 Å². The van der Waals surface area contributed by atoms with Gasteiger partial charge in [0.15, 0.2) is 5.78 Å². The number of hydrogen-bond acceptors (Lipinski definition) is 6. The largest absolute Gasteiger partial charge is 0.463 e. The second-order valence-corrected chi connectivity index (χ2v) is 6.79. The SMILES string of the molecule is COC(=O)c1nc(CN(C)C)n(-c2ccc(Cl)cc2C(=O)c2ccccc2)n1. The van der Waals surface area contributed by atoms with Gasteiger partial charge in [0, 0.05) is 16.1 Å². The van der Waals surface area contributed by atoms with Crippen LogP contribution in [0.5, 0.6) is 0 Å². The molecule has 1 aromatic heterocycles. The zero-order chi connectivity index (χ0) is 20.3. The van der Waals surface area contributed by atoms with Crippen LogP contribution in [0.2, 0.25) is 5.02 Å². The van der Waals surface area contributed by atoms with Crippen molar-refractivity contribution in [1.82, 2.24) is 19.7 Å². The highest BCUT2D eigenvalue weighted by atomic mass is 35.5. The van der Waals surface area contributed by atoms with Crippen molar-refractivity contribution in [2.24, 2.45) is 0 Å². The fourth-order valence-corrected chi connectivity index (χ4v) is 2.89. The van der Waals surface area contributed by atoms with E-state index < -0.39 is 5.97 Å². The topological polar surface area (TPSA) is 77.3 Å². The zero-order valence-corrected chi connectivity index (χ0v) is 16.5. The van der Waals surface area contributed by atoms with Gasteiger partial charge in [0.25, 0.3) is 5.82 Å². The van der Waals surface area contributed by atoms with Gasteiger partial charge >= 0.3 is 5.97 Å². The van der Waals surface area contributed by atoms with Crippen LogP contribution in [0, 0.1) is 0 Å². The molecule has 0 fully saturated rings. The lowest BCUT2D eigenvalue weighted by Crippen LogP contribution is -2.17. The fraction of sp³-hybridized carbons (Fsp3) is 0.200. The molecule has 0 bridgehead atoms. The zero-order valence-electron chi connectivity index (χ0n) is 15.7. The van der Waals surface area contributed by atoms with Gasteiger partial charge in [-0.15, -0.1) is 5.10 Å². The first-order valence-electron chi connectivity index (χ1n) is 8.49. The van der Waals surface area contributed by atoms with Gasteiger partial charge in [0.05, 0.1) is 19.3 Å². The maximum Gasteiger partial charge on any atom is 0.377 e. The van der Waals surface area contributed by atoms with Crippen LogP contribution in [0.25, 0.3) is 5.69 Å². The summed E-state index contributed by atoms with van der Waals surface area (Å²) in [5.74, 6) is -0.435. The number of ether oxygens (including phenoxy) is 1. The molecule has 3 aromatic rings. The Labute approximate surface area is 167 Å². The van der Waals surface area contributed by atoms with Crippen molar-refractivity contribution in [1.29, 1.82) is 0 Å². The number of nitrogens with zero attached hydrogens (tertiary/aromatic N) is 4. The highest BCUT2D eigenvalue weighted by Crippen LogP contribution is 2.24. The smallest absolute Gasteiger partial charge is 0.377 e. The van der Waals surface area contributed by atoms with E-state index in [2.05, 4.69) is 10.1 Å². The lowest BCUT2D eigenvalue weighted by atomic mass is 10.0. The Morgan fingerprint density at radius 2 is 1.86 bits per heavy atom. The molecular weight excluding hydrogens is 380 g/mol. The predicted octanol–water partition coefficient (Wildman–Crippen LogP) is 3.00. The van der Waals surface area contributed by atoms with Crippen molar-refractivity contribution < 1.29 is 14.3 Å². The molecule has 0 aliphatic rings. The number of benzene rings is 2. The molecule has 0 aliphatic heterocycles. The summed E-state index contributed by atoms with van der Waals surface area (Å²) in [4.78, 5) is 31.2. The van der Waals surface area contributed by atoms with Crippen LogP contribution in [0.15, 0.2) is 48.5 Å². The number of carbonyl (C=O) groups is 2. The number of hydrogen-bond donors (Lipinski definition) is 0. The third-order valence-electron chi connectivity index (χ3n) is 3.97. The molecule has 3 rings (SSSR count). The Kier molecular flexibility index (Phi) is 5.87. The molecular formula is C20H19ClN4O3. The molecule has 144 valence electrons. The molecule has 1 heterocycles. The molecule has 7 nitrogen and oxygen atoms in total. The highest BCUT2D eigenvalue weighted by molar-refractivity contribution is 6.31. The van der Waals surface area contributed by atoms with Crippen LogP contribution >= 0.6 is 11.6 Å². The number of halogens is 1. The number of rotatable bonds is 6. The van der Waals surface area contributed by atoms with E-state index in [9.17, 15) is 9.59 Å². The van der Waals surface area contributed by atoms with E-state index in [4.69, 9.17) is 16.3 Å². The van der Waals surface area contributed by atoms with Crippen LogP contribution in [-0.4, -0.2) is 52.6 Å². The minimum atomic E-state index is -0.649. The maximum atomic E-state index is 13.1. The van der Waals surface area contributed by atoms with Crippen molar-refractivity contribution in [2.45, 2.75) is 6.54 Å². The van der Waals surface area contributed by atoms with E-state index in [0.29, 0.717) is 34.2 Å². The predicted molar refractivity (Wildman–Crippen MR) is 105 cm³/mol. The van der Waals surface area contributed by atoms with E-state index in [1.807, 2.05) is 25.1 Å². The van der Waals surface area contributed by atoms with Crippen LogP contribution in [-0.2, 0) is 11.3 Å². The summed E-state index contributed by atoms with van der Waals surface area (Å²) in [7, 11) is 5.00. The van der Waals surface area contributed by atoms with Gasteiger partial charge < -0.3 is 9.64 Å². The standard InChI is InChI=1S/C20H19ClN4O3/c1-24(2)12-17-22-19(20(27)28-3)23-25(17)16-10-9-14(21)11-15(16)18(26)13-7-5-4-6-8-13/h4-11H,12H2,1-3H3. The molecule has 0 unspecified atom stereocenters. The van der Waals surface area contributed by atoms with Crippen molar-refractivity contribution >= 4 is 23.4 Å². The van der Waals surface area contributed by atoms with Gasteiger partial charge in [-0.2, -0.15) is 0 Å². The summed E-state index contributed by atoms with van der Waals surface area (Å²) in [5.41, 5.74) is 1.37.